The fourth-order valence-corrected chi connectivity index (χ4v) is 8.03. The molecule has 4 bridgehead atoms. The van der Waals surface area contributed by atoms with E-state index >= 15 is 0 Å². The van der Waals surface area contributed by atoms with Crippen molar-refractivity contribution in [2.75, 3.05) is 25.0 Å². The second-order valence-corrected chi connectivity index (χ2v) is 11.7. The molecule has 4 aliphatic rings. The van der Waals surface area contributed by atoms with E-state index in [0.29, 0.717) is 25.3 Å². The molecule has 0 aliphatic heterocycles. The topological polar surface area (TPSA) is 83.1 Å². The maximum Gasteiger partial charge on any atom is 0.279 e. The first-order valence-electron chi connectivity index (χ1n) is 11.5. The standard InChI is InChI=1S/C23H35N3O3S/c1-4-26(5-2)30(28,29)20-7-6-16(3)21(11-20)25-22(27)15-24-23-12-17-8-18(13-23)10-19(9-17)14-23/h6-7,11,17-19,24H,4-5,8-10,12-15H2,1-3H3,(H,25,27)/p+1. The Morgan fingerprint density at radius 3 is 2.20 bits per heavy atom. The van der Waals surface area contributed by atoms with Crippen molar-refractivity contribution < 1.29 is 18.5 Å². The lowest BCUT2D eigenvalue weighted by Gasteiger charge is -2.54. The van der Waals surface area contributed by atoms with Crippen LogP contribution in [0, 0.1) is 24.7 Å². The predicted molar refractivity (Wildman–Crippen MR) is 118 cm³/mol. The Labute approximate surface area is 180 Å². The van der Waals surface area contributed by atoms with Gasteiger partial charge in [-0.25, -0.2) is 8.42 Å². The Bertz CT molecular complexity index is 873. The maximum absolute atomic E-state index is 12.8. The molecule has 0 atom stereocenters. The van der Waals surface area contributed by atoms with Crippen LogP contribution in [0.2, 0.25) is 0 Å². The largest absolute Gasteiger partial charge is 0.334 e. The molecule has 4 saturated carbocycles. The summed E-state index contributed by atoms with van der Waals surface area (Å²) >= 11 is 0. The molecule has 3 N–H and O–H groups in total. The summed E-state index contributed by atoms with van der Waals surface area (Å²) in [6.07, 6.45) is 7.94. The molecule has 30 heavy (non-hydrogen) atoms. The van der Waals surface area contributed by atoms with Gasteiger partial charge in [0.2, 0.25) is 10.0 Å². The smallest absolute Gasteiger partial charge is 0.279 e. The van der Waals surface area contributed by atoms with E-state index in [1.807, 2.05) is 20.8 Å². The summed E-state index contributed by atoms with van der Waals surface area (Å²) in [5.74, 6) is 2.53. The average Bonchev–Trinajstić information content (AvgIpc) is 2.68. The summed E-state index contributed by atoms with van der Waals surface area (Å²) in [5, 5.41) is 5.27. The lowest BCUT2D eigenvalue weighted by molar-refractivity contribution is -0.729. The normalized spacial score (nSPS) is 30.1. The monoisotopic (exact) mass is 434 g/mol. The van der Waals surface area contributed by atoms with Gasteiger partial charge in [-0.15, -0.1) is 0 Å². The van der Waals surface area contributed by atoms with Crippen LogP contribution in [0.5, 0.6) is 0 Å². The number of amides is 1. The summed E-state index contributed by atoms with van der Waals surface area (Å²) in [5.41, 5.74) is 1.72. The van der Waals surface area contributed by atoms with Gasteiger partial charge in [0.25, 0.3) is 5.91 Å². The quantitative estimate of drug-likeness (QED) is 0.659. The summed E-state index contributed by atoms with van der Waals surface area (Å²) < 4.78 is 27.1. The third kappa shape index (κ3) is 4.16. The highest BCUT2D eigenvalue weighted by Gasteiger charge is 2.53. The summed E-state index contributed by atoms with van der Waals surface area (Å²) in [6, 6.07) is 5.00. The number of hydrogen-bond donors (Lipinski definition) is 2. The van der Waals surface area contributed by atoms with Gasteiger partial charge in [-0.2, -0.15) is 4.31 Å². The third-order valence-electron chi connectivity index (χ3n) is 7.63. The molecule has 4 fully saturated rings. The van der Waals surface area contributed by atoms with Crippen molar-refractivity contribution in [1.29, 1.82) is 0 Å². The van der Waals surface area contributed by atoms with Crippen LogP contribution >= 0.6 is 0 Å². The van der Waals surface area contributed by atoms with Crippen molar-refractivity contribution >= 4 is 21.6 Å². The number of quaternary nitrogens is 1. The Balaban J connectivity index is 1.42. The molecule has 166 valence electrons. The van der Waals surface area contributed by atoms with Crippen molar-refractivity contribution in [2.45, 2.75) is 69.7 Å². The molecule has 5 rings (SSSR count). The van der Waals surface area contributed by atoms with Crippen LogP contribution in [0.4, 0.5) is 5.69 Å². The fourth-order valence-electron chi connectivity index (χ4n) is 6.55. The lowest BCUT2D eigenvalue weighted by atomic mass is 9.53. The van der Waals surface area contributed by atoms with E-state index in [9.17, 15) is 13.2 Å². The number of nitrogens with one attached hydrogen (secondary N) is 1. The number of sulfonamides is 1. The van der Waals surface area contributed by atoms with E-state index in [0.717, 1.165) is 23.3 Å². The highest BCUT2D eigenvalue weighted by molar-refractivity contribution is 7.89. The molecular formula is C23H36N3O3S+. The highest BCUT2D eigenvalue weighted by Crippen LogP contribution is 2.54. The zero-order valence-electron chi connectivity index (χ0n) is 18.5. The van der Waals surface area contributed by atoms with Crippen LogP contribution in [0.1, 0.15) is 57.9 Å². The Hall–Kier alpha value is -1.44. The molecule has 7 heteroatoms. The van der Waals surface area contributed by atoms with Gasteiger partial charge < -0.3 is 10.6 Å². The molecule has 6 nitrogen and oxygen atoms in total. The van der Waals surface area contributed by atoms with Crippen LogP contribution in [0.15, 0.2) is 23.1 Å². The molecule has 0 aromatic heterocycles. The minimum atomic E-state index is -3.55. The first-order chi connectivity index (χ1) is 14.2. The van der Waals surface area contributed by atoms with E-state index < -0.39 is 10.0 Å². The molecule has 1 amide bonds. The minimum Gasteiger partial charge on any atom is -0.334 e. The number of nitrogens with two attached hydrogens (primary N) is 1. The minimum absolute atomic E-state index is 0.0498. The highest BCUT2D eigenvalue weighted by atomic mass is 32.2. The van der Waals surface area contributed by atoms with Crippen molar-refractivity contribution in [3.8, 4) is 0 Å². The van der Waals surface area contributed by atoms with Crippen LogP contribution in [-0.4, -0.2) is 43.8 Å². The lowest BCUT2D eigenvalue weighted by Crippen LogP contribution is -3.00. The van der Waals surface area contributed by atoms with E-state index in [1.165, 1.54) is 42.8 Å². The molecule has 0 radical (unpaired) electrons. The van der Waals surface area contributed by atoms with Crippen LogP contribution < -0.4 is 10.6 Å². The third-order valence-corrected chi connectivity index (χ3v) is 9.68. The van der Waals surface area contributed by atoms with Crippen molar-refractivity contribution in [3.63, 3.8) is 0 Å². The van der Waals surface area contributed by atoms with Gasteiger partial charge in [-0.3, -0.25) is 4.79 Å². The van der Waals surface area contributed by atoms with Crippen molar-refractivity contribution in [3.05, 3.63) is 23.8 Å². The molecule has 0 heterocycles. The fraction of sp³-hybridized carbons (Fsp3) is 0.696. The molecule has 0 unspecified atom stereocenters. The molecule has 1 aromatic carbocycles. The number of benzene rings is 1. The maximum atomic E-state index is 12.8. The number of carbonyl (C=O) groups is 1. The van der Waals surface area contributed by atoms with Crippen LogP contribution in [-0.2, 0) is 14.8 Å². The van der Waals surface area contributed by atoms with Gasteiger partial charge >= 0.3 is 0 Å². The van der Waals surface area contributed by atoms with Crippen molar-refractivity contribution in [2.24, 2.45) is 17.8 Å². The van der Waals surface area contributed by atoms with Crippen LogP contribution in [0.3, 0.4) is 0 Å². The van der Waals surface area contributed by atoms with Gasteiger partial charge in [0, 0.05) is 38.0 Å². The summed E-state index contributed by atoms with van der Waals surface area (Å²) in [6.45, 7) is 6.81. The number of aryl methyl sites for hydroxylation is 1. The van der Waals surface area contributed by atoms with E-state index in [-0.39, 0.29) is 16.3 Å². The predicted octanol–water partition coefficient (Wildman–Crippen LogP) is 2.50. The Kier molecular flexibility index (Phi) is 5.99. The second kappa shape index (κ2) is 8.24. The molecule has 0 spiro atoms. The molecule has 4 aliphatic carbocycles. The van der Waals surface area contributed by atoms with E-state index in [4.69, 9.17) is 0 Å². The Morgan fingerprint density at radius 1 is 1.10 bits per heavy atom. The summed E-state index contributed by atoms with van der Waals surface area (Å²) in [4.78, 5) is 13.0. The first-order valence-corrected chi connectivity index (χ1v) is 12.9. The molecule has 0 saturated heterocycles. The SMILES string of the molecule is CCN(CC)S(=O)(=O)c1ccc(C)c(NC(=O)C[NH2+]C23CC4CC(CC(C4)C2)C3)c1. The number of rotatable bonds is 8. The van der Waals surface area contributed by atoms with Crippen LogP contribution in [0.25, 0.3) is 0 Å². The van der Waals surface area contributed by atoms with Gasteiger partial charge in [0.05, 0.1) is 10.4 Å². The van der Waals surface area contributed by atoms with E-state index in [1.54, 1.807) is 18.2 Å². The van der Waals surface area contributed by atoms with E-state index in [2.05, 4.69) is 10.6 Å². The van der Waals surface area contributed by atoms with Gasteiger partial charge in [0.1, 0.15) is 0 Å². The zero-order valence-corrected chi connectivity index (χ0v) is 19.3. The number of carbonyl (C=O) groups excluding carboxylic acids is 1. The number of anilines is 1. The summed E-state index contributed by atoms with van der Waals surface area (Å²) in [7, 11) is -3.55. The first kappa shape index (κ1) is 21.8. The van der Waals surface area contributed by atoms with Gasteiger partial charge in [0.15, 0.2) is 6.54 Å². The van der Waals surface area contributed by atoms with Gasteiger partial charge in [-0.05, 0) is 61.6 Å². The van der Waals surface area contributed by atoms with Crippen molar-refractivity contribution in [1.82, 2.24) is 4.31 Å². The number of nitrogens with zero attached hydrogens (tertiary/aromatic N) is 1. The Morgan fingerprint density at radius 2 is 1.67 bits per heavy atom. The average molecular weight is 435 g/mol. The molecular weight excluding hydrogens is 398 g/mol. The molecule has 1 aromatic rings. The number of hydrogen-bond acceptors (Lipinski definition) is 3. The second-order valence-electron chi connectivity index (χ2n) is 9.80. The zero-order chi connectivity index (χ0) is 21.5. The van der Waals surface area contributed by atoms with Gasteiger partial charge in [-0.1, -0.05) is 19.9 Å².